The third kappa shape index (κ3) is 4.90. The van der Waals surface area contributed by atoms with Gasteiger partial charge in [-0.05, 0) is 51.0 Å². The number of hydrogen-bond donors (Lipinski definition) is 1. The van der Waals surface area contributed by atoms with Gasteiger partial charge in [-0.25, -0.2) is 4.98 Å². The predicted octanol–water partition coefficient (Wildman–Crippen LogP) is 4.73. The molecule has 30 heavy (non-hydrogen) atoms. The van der Waals surface area contributed by atoms with Crippen LogP contribution in [0.4, 0.5) is 5.69 Å². The second kappa shape index (κ2) is 9.43. The number of aryl methyl sites for hydroxylation is 1. The molecule has 0 bridgehead atoms. The molecule has 1 N–H and O–H groups in total. The number of benzene rings is 1. The van der Waals surface area contributed by atoms with Crippen LogP contribution in [0.3, 0.4) is 0 Å². The highest BCUT2D eigenvalue weighted by atomic mass is 32.1. The lowest BCUT2D eigenvalue weighted by Crippen LogP contribution is -2.33. The molecule has 2 heterocycles. The Balaban J connectivity index is 1.75. The quantitative estimate of drug-likeness (QED) is 0.566. The maximum absolute atomic E-state index is 12.8. The Morgan fingerprint density at radius 2 is 1.93 bits per heavy atom. The molecule has 0 saturated heterocycles. The van der Waals surface area contributed by atoms with Crippen molar-refractivity contribution in [1.29, 1.82) is 0 Å². The zero-order valence-corrected chi connectivity index (χ0v) is 19.2. The van der Waals surface area contributed by atoms with Gasteiger partial charge in [-0.15, -0.1) is 11.3 Å². The van der Waals surface area contributed by atoms with Crippen molar-refractivity contribution in [2.45, 2.75) is 47.6 Å². The van der Waals surface area contributed by atoms with Gasteiger partial charge in [0, 0.05) is 42.3 Å². The first-order chi connectivity index (χ1) is 14.3. The van der Waals surface area contributed by atoms with Crippen molar-refractivity contribution in [3.8, 4) is 0 Å². The molecule has 0 saturated carbocycles. The van der Waals surface area contributed by atoms with E-state index in [1.54, 1.807) is 0 Å². The first-order valence-corrected chi connectivity index (χ1v) is 11.3. The second-order valence-corrected chi connectivity index (χ2v) is 8.94. The van der Waals surface area contributed by atoms with E-state index in [4.69, 9.17) is 0 Å². The van der Waals surface area contributed by atoms with E-state index in [0.717, 1.165) is 33.7 Å². The van der Waals surface area contributed by atoms with Crippen LogP contribution < -0.4 is 5.32 Å². The number of nitrogens with one attached hydrogen (secondary N) is 1. The molecule has 2 amide bonds. The minimum atomic E-state index is -0.129. The number of thiazole rings is 1. The number of carbonyl (C=O) groups is 2. The summed E-state index contributed by atoms with van der Waals surface area (Å²) in [4.78, 5) is 32.2. The van der Waals surface area contributed by atoms with Crippen molar-refractivity contribution in [2.75, 3.05) is 18.4 Å². The number of likely N-dealkylation sites (N-methyl/N-ethyl adjacent to an activating group) is 1. The van der Waals surface area contributed by atoms with Gasteiger partial charge >= 0.3 is 0 Å². The van der Waals surface area contributed by atoms with Crippen LogP contribution in [-0.2, 0) is 17.8 Å². The maximum Gasteiger partial charge on any atom is 0.267 e. The lowest BCUT2D eigenvalue weighted by Gasteiger charge is -2.19. The van der Waals surface area contributed by atoms with Crippen LogP contribution in [-0.4, -0.2) is 39.4 Å². The molecule has 1 aromatic carbocycles. The Hall–Kier alpha value is -2.67. The lowest BCUT2D eigenvalue weighted by atomic mass is 10.1. The number of anilines is 1. The topological polar surface area (TPSA) is 67.2 Å². The fraction of sp³-hybridized carbons (Fsp3) is 0.435. The van der Waals surface area contributed by atoms with Gasteiger partial charge < -0.3 is 14.8 Å². The van der Waals surface area contributed by atoms with Crippen LogP contribution in [0.1, 0.15) is 48.1 Å². The Labute approximate surface area is 181 Å². The standard InChI is InChI=1S/C23H30N4O2S/c1-6-26(7-2)21(28)14-27-11-10-17-13-18(8-9-19(17)27)25-23(29)22-16(5)24-20(30-22)12-15(3)4/h8-11,13,15H,6-7,12,14H2,1-5H3,(H,25,29). The van der Waals surface area contributed by atoms with E-state index in [1.807, 2.05) is 60.7 Å². The zero-order chi connectivity index (χ0) is 21.8. The molecule has 0 fully saturated rings. The summed E-state index contributed by atoms with van der Waals surface area (Å²) in [6.07, 6.45) is 2.80. The van der Waals surface area contributed by atoms with Gasteiger partial charge in [0.2, 0.25) is 5.91 Å². The van der Waals surface area contributed by atoms with E-state index in [9.17, 15) is 9.59 Å². The number of fused-ring (bicyclic) bond motifs is 1. The first kappa shape index (κ1) is 22.0. The highest BCUT2D eigenvalue weighted by molar-refractivity contribution is 7.13. The molecule has 3 aromatic rings. The smallest absolute Gasteiger partial charge is 0.267 e. The van der Waals surface area contributed by atoms with E-state index in [0.29, 0.717) is 30.4 Å². The molecule has 7 heteroatoms. The van der Waals surface area contributed by atoms with Crippen molar-refractivity contribution in [2.24, 2.45) is 5.92 Å². The third-order valence-electron chi connectivity index (χ3n) is 5.08. The van der Waals surface area contributed by atoms with E-state index in [2.05, 4.69) is 24.1 Å². The molecular formula is C23H30N4O2S. The number of aromatic nitrogens is 2. The van der Waals surface area contributed by atoms with Gasteiger partial charge in [0.05, 0.1) is 10.7 Å². The van der Waals surface area contributed by atoms with Crippen LogP contribution in [0.2, 0.25) is 0 Å². The van der Waals surface area contributed by atoms with Gasteiger partial charge in [0.1, 0.15) is 11.4 Å². The van der Waals surface area contributed by atoms with Crippen molar-refractivity contribution < 1.29 is 9.59 Å². The monoisotopic (exact) mass is 426 g/mol. The summed E-state index contributed by atoms with van der Waals surface area (Å²) in [5.41, 5.74) is 2.48. The molecule has 0 spiro atoms. The van der Waals surface area contributed by atoms with Gasteiger partial charge in [-0.1, -0.05) is 13.8 Å². The van der Waals surface area contributed by atoms with Gasteiger partial charge in [-0.2, -0.15) is 0 Å². The molecule has 0 radical (unpaired) electrons. The molecule has 160 valence electrons. The number of rotatable bonds is 8. The summed E-state index contributed by atoms with van der Waals surface area (Å²) < 4.78 is 1.95. The van der Waals surface area contributed by atoms with Crippen LogP contribution in [0.5, 0.6) is 0 Å². The van der Waals surface area contributed by atoms with Gasteiger partial charge in [-0.3, -0.25) is 9.59 Å². The van der Waals surface area contributed by atoms with E-state index in [1.165, 1.54) is 11.3 Å². The first-order valence-electron chi connectivity index (χ1n) is 10.5. The fourth-order valence-electron chi connectivity index (χ4n) is 3.53. The predicted molar refractivity (Wildman–Crippen MR) is 123 cm³/mol. The van der Waals surface area contributed by atoms with Crippen LogP contribution >= 0.6 is 11.3 Å². The van der Waals surface area contributed by atoms with Crippen molar-refractivity contribution >= 4 is 39.7 Å². The molecule has 0 unspecified atom stereocenters. The van der Waals surface area contributed by atoms with E-state index in [-0.39, 0.29) is 11.8 Å². The second-order valence-electron chi connectivity index (χ2n) is 7.86. The number of hydrogen-bond acceptors (Lipinski definition) is 4. The van der Waals surface area contributed by atoms with Crippen LogP contribution in [0.25, 0.3) is 10.9 Å². The summed E-state index contributed by atoms with van der Waals surface area (Å²) in [6.45, 7) is 11.9. The molecular weight excluding hydrogens is 396 g/mol. The molecule has 0 aliphatic heterocycles. The van der Waals surface area contributed by atoms with Gasteiger partial charge in [0.15, 0.2) is 0 Å². The van der Waals surface area contributed by atoms with E-state index >= 15 is 0 Å². The summed E-state index contributed by atoms with van der Waals surface area (Å²) in [7, 11) is 0. The molecule has 0 aliphatic carbocycles. The Bertz CT molecular complexity index is 1050. The Morgan fingerprint density at radius 1 is 1.20 bits per heavy atom. The van der Waals surface area contributed by atoms with Crippen LogP contribution in [0, 0.1) is 12.8 Å². The molecule has 0 aliphatic rings. The molecule has 6 nitrogen and oxygen atoms in total. The maximum atomic E-state index is 12.8. The molecule has 0 atom stereocenters. The largest absolute Gasteiger partial charge is 0.342 e. The minimum absolute atomic E-state index is 0.104. The molecule has 2 aromatic heterocycles. The van der Waals surface area contributed by atoms with Crippen molar-refractivity contribution in [3.05, 3.63) is 46.0 Å². The highest BCUT2D eigenvalue weighted by Gasteiger charge is 2.17. The van der Waals surface area contributed by atoms with Crippen molar-refractivity contribution in [3.63, 3.8) is 0 Å². The summed E-state index contributed by atoms with van der Waals surface area (Å²) in [5.74, 6) is 0.481. The molecule has 3 rings (SSSR count). The zero-order valence-electron chi connectivity index (χ0n) is 18.4. The SMILES string of the molecule is CCN(CC)C(=O)Cn1ccc2cc(NC(=O)c3sc(CC(C)C)nc3C)ccc21. The van der Waals surface area contributed by atoms with Crippen molar-refractivity contribution in [1.82, 2.24) is 14.5 Å². The average Bonchev–Trinajstić information content (AvgIpc) is 3.25. The van der Waals surface area contributed by atoms with Gasteiger partial charge in [0.25, 0.3) is 5.91 Å². The van der Waals surface area contributed by atoms with E-state index < -0.39 is 0 Å². The summed E-state index contributed by atoms with van der Waals surface area (Å²) in [6, 6.07) is 7.74. The Kier molecular flexibility index (Phi) is 6.92. The number of nitrogens with zero attached hydrogens (tertiary/aromatic N) is 3. The average molecular weight is 427 g/mol. The van der Waals surface area contributed by atoms with Crippen LogP contribution in [0.15, 0.2) is 30.5 Å². The normalized spacial score (nSPS) is 11.3. The summed E-state index contributed by atoms with van der Waals surface area (Å²) in [5, 5.41) is 4.98. The third-order valence-corrected chi connectivity index (χ3v) is 6.26. The minimum Gasteiger partial charge on any atom is -0.342 e. The number of amides is 2. The fourth-order valence-corrected chi connectivity index (χ4v) is 4.70. The Morgan fingerprint density at radius 3 is 2.60 bits per heavy atom. The highest BCUT2D eigenvalue weighted by Crippen LogP contribution is 2.24. The summed E-state index contributed by atoms with van der Waals surface area (Å²) >= 11 is 1.47. The number of carbonyl (C=O) groups excluding carboxylic acids is 2. The lowest BCUT2D eigenvalue weighted by molar-refractivity contribution is -0.131.